The molecular weight excluding hydrogens is 303 g/mol. The third kappa shape index (κ3) is 7.63. The zero-order valence-electron chi connectivity index (χ0n) is 11.7. The number of carbonyl (C=O) groups is 2. The molecule has 0 saturated heterocycles. The summed E-state index contributed by atoms with van der Waals surface area (Å²) < 4.78 is 39.7. The highest BCUT2D eigenvalue weighted by molar-refractivity contribution is 5.87. The molecule has 0 fully saturated rings. The number of hydrogen-bond acceptors (Lipinski definition) is 3. The van der Waals surface area contributed by atoms with Crippen molar-refractivity contribution in [3.8, 4) is 0 Å². The molecule has 0 aliphatic heterocycles. The molecule has 0 aromatic heterocycles. The highest BCUT2D eigenvalue weighted by Gasteiger charge is 2.27. The average molecular weight is 319 g/mol. The molecule has 122 valence electrons. The maximum Gasteiger partial charge on any atom is 0.411 e. The van der Waals surface area contributed by atoms with Gasteiger partial charge in [0.2, 0.25) is 5.91 Å². The van der Waals surface area contributed by atoms with E-state index in [1.54, 1.807) is 12.1 Å². The normalized spacial score (nSPS) is 11.2. The van der Waals surface area contributed by atoms with E-state index in [1.807, 2.05) is 0 Å². The summed E-state index contributed by atoms with van der Waals surface area (Å²) in [4.78, 5) is 22.1. The van der Waals surface area contributed by atoms with Crippen LogP contribution in [0.15, 0.2) is 24.3 Å². The predicted molar refractivity (Wildman–Crippen MR) is 71.6 cm³/mol. The van der Waals surface area contributed by atoms with E-state index in [2.05, 4.69) is 10.1 Å². The highest BCUT2D eigenvalue weighted by Crippen LogP contribution is 2.14. The van der Waals surface area contributed by atoms with Gasteiger partial charge in [0.1, 0.15) is 6.61 Å². The third-order valence-electron chi connectivity index (χ3n) is 2.68. The number of aryl methyl sites for hydroxylation is 1. The molecule has 0 atom stereocenters. The Morgan fingerprint density at radius 2 is 1.82 bits per heavy atom. The van der Waals surface area contributed by atoms with Crippen LogP contribution < -0.4 is 5.32 Å². The van der Waals surface area contributed by atoms with E-state index in [1.165, 1.54) is 12.1 Å². The van der Waals surface area contributed by atoms with Crippen molar-refractivity contribution < 1.29 is 32.6 Å². The minimum atomic E-state index is -4.37. The average Bonchev–Trinajstić information content (AvgIpc) is 2.44. The Labute approximate surface area is 125 Å². The summed E-state index contributed by atoms with van der Waals surface area (Å²) in [6.07, 6.45) is -3.80. The van der Waals surface area contributed by atoms with Crippen LogP contribution in [0, 0.1) is 0 Å². The van der Waals surface area contributed by atoms with Crippen molar-refractivity contribution in [2.24, 2.45) is 0 Å². The number of ether oxygens (including phenoxy) is 1. The van der Waals surface area contributed by atoms with E-state index in [4.69, 9.17) is 5.11 Å². The molecule has 5 nitrogen and oxygen atoms in total. The van der Waals surface area contributed by atoms with Gasteiger partial charge in [-0.2, -0.15) is 13.2 Å². The molecule has 0 spiro atoms. The molecule has 1 rings (SSSR count). The lowest BCUT2D eigenvalue weighted by Crippen LogP contribution is -2.29. The van der Waals surface area contributed by atoms with Crippen molar-refractivity contribution >= 4 is 11.9 Å². The van der Waals surface area contributed by atoms with Crippen LogP contribution in [0.25, 0.3) is 0 Å². The van der Waals surface area contributed by atoms with Crippen molar-refractivity contribution in [2.45, 2.75) is 19.0 Å². The fraction of sp³-hybridized carbons (Fsp3) is 0.429. The number of nitrogens with one attached hydrogen (secondary N) is 1. The van der Waals surface area contributed by atoms with Crippen molar-refractivity contribution in [1.82, 2.24) is 5.32 Å². The van der Waals surface area contributed by atoms with Crippen LogP contribution in [0.1, 0.15) is 22.3 Å². The van der Waals surface area contributed by atoms with Gasteiger partial charge in [0.25, 0.3) is 0 Å². The highest BCUT2D eigenvalue weighted by atomic mass is 19.4. The molecule has 1 aromatic rings. The predicted octanol–water partition coefficient (Wildman–Crippen LogP) is 2.01. The SMILES string of the molecule is O=C(CCc1ccc(C(=O)O)cc1)NCCOCC(F)(F)F. The van der Waals surface area contributed by atoms with Crippen LogP contribution in [0.2, 0.25) is 0 Å². The molecule has 8 heteroatoms. The number of hydrogen-bond donors (Lipinski definition) is 2. The smallest absolute Gasteiger partial charge is 0.411 e. The maximum absolute atomic E-state index is 11.8. The van der Waals surface area contributed by atoms with Crippen LogP contribution >= 0.6 is 0 Å². The topological polar surface area (TPSA) is 75.6 Å². The number of halogens is 3. The standard InChI is InChI=1S/C14H16F3NO4/c15-14(16,17)9-22-8-7-18-12(19)6-3-10-1-4-11(5-2-10)13(20)21/h1-2,4-5H,3,6-9H2,(H,18,19)(H,20,21). The fourth-order valence-electron chi connectivity index (χ4n) is 1.61. The first-order valence-corrected chi connectivity index (χ1v) is 6.51. The minimum absolute atomic E-state index is 0.00681. The molecule has 2 N–H and O–H groups in total. The number of carbonyl (C=O) groups excluding carboxylic acids is 1. The molecule has 0 heterocycles. The van der Waals surface area contributed by atoms with Crippen molar-refractivity contribution in [3.63, 3.8) is 0 Å². The first-order chi connectivity index (χ1) is 10.3. The van der Waals surface area contributed by atoms with Crippen LogP contribution in [0.5, 0.6) is 0 Å². The van der Waals surface area contributed by atoms with Crippen LogP contribution in [0.3, 0.4) is 0 Å². The first kappa shape index (κ1) is 18.0. The molecule has 1 amide bonds. The van der Waals surface area contributed by atoms with Gasteiger partial charge in [0.15, 0.2) is 0 Å². The number of carboxylic acid groups (broad SMARTS) is 1. The Kier molecular flexibility index (Phi) is 6.84. The van der Waals surface area contributed by atoms with Gasteiger partial charge in [-0.05, 0) is 24.1 Å². The first-order valence-electron chi connectivity index (χ1n) is 6.51. The lowest BCUT2D eigenvalue weighted by Gasteiger charge is -2.08. The summed E-state index contributed by atoms with van der Waals surface area (Å²) in [5.74, 6) is -1.33. The molecular formula is C14H16F3NO4. The van der Waals surface area contributed by atoms with Gasteiger partial charge in [0, 0.05) is 13.0 Å². The fourth-order valence-corrected chi connectivity index (χ4v) is 1.61. The maximum atomic E-state index is 11.8. The number of alkyl halides is 3. The number of carboxylic acids is 1. The second-order valence-corrected chi connectivity index (χ2v) is 4.52. The molecule has 0 radical (unpaired) electrons. The van der Waals surface area contributed by atoms with E-state index in [9.17, 15) is 22.8 Å². The van der Waals surface area contributed by atoms with Crippen LogP contribution in [0.4, 0.5) is 13.2 Å². The van der Waals surface area contributed by atoms with Gasteiger partial charge in [0.05, 0.1) is 12.2 Å². The van der Waals surface area contributed by atoms with Crippen molar-refractivity contribution in [2.75, 3.05) is 19.8 Å². The summed E-state index contributed by atoms with van der Waals surface area (Å²) in [5, 5.41) is 11.2. The second-order valence-electron chi connectivity index (χ2n) is 4.52. The minimum Gasteiger partial charge on any atom is -0.478 e. The van der Waals surface area contributed by atoms with Crippen molar-refractivity contribution in [1.29, 1.82) is 0 Å². The Morgan fingerprint density at radius 3 is 2.36 bits per heavy atom. The monoisotopic (exact) mass is 319 g/mol. The second kappa shape index (κ2) is 8.38. The summed E-state index contributed by atoms with van der Waals surface area (Å²) in [7, 11) is 0. The van der Waals surface area contributed by atoms with E-state index in [0.717, 1.165) is 5.56 Å². The van der Waals surface area contributed by atoms with Crippen molar-refractivity contribution in [3.05, 3.63) is 35.4 Å². The largest absolute Gasteiger partial charge is 0.478 e. The molecule has 0 saturated carbocycles. The Bertz CT molecular complexity index is 500. The summed E-state index contributed by atoms with van der Waals surface area (Å²) >= 11 is 0. The molecule has 0 unspecified atom stereocenters. The Morgan fingerprint density at radius 1 is 1.18 bits per heavy atom. The molecule has 0 aliphatic rings. The number of aromatic carboxylic acids is 1. The van der Waals surface area contributed by atoms with E-state index >= 15 is 0 Å². The molecule has 0 bridgehead atoms. The number of benzene rings is 1. The lowest BCUT2D eigenvalue weighted by atomic mass is 10.1. The van der Waals surface area contributed by atoms with E-state index < -0.39 is 18.8 Å². The Balaban J connectivity index is 2.19. The van der Waals surface area contributed by atoms with Crippen LogP contribution in [-0.2, 0) is 16.0 Å². The summed E-state index contributed by atoms with van der Waals surface area (Å²) in [5.41, 5.74) is 0.962. The van der Waals surface area contributed by atoms with Gasteiger partial charge in [-0.1, -0.05) is 12.1 Å². The van der Waals surface area contributed by atoms with Gasteiger partial charge in [-0.3, -0.25) is 4.79 Å². The van der Waals surface area contributed by atoms with Gasteiger partial charge in [-0.15, -0.1) is 0 Å². The zero-order valence-corrected chi connectivity index (χ0v) is 11.7. The van der Waals surface area contributed by atoms with Gasteiger partial charge >= 0.3 is 12.1 Å². The van der Waals surface area contributed by atoms with Crippen LogP contribution in [-0.4, -0.2) is 42.9 Å². The Hall–Kier alpha value is -2.09. The summed E-state index contributed by atoms with van der Waals surface area (Å²) in [6.45, 7) is -1.54. The number of amides is 1. The van der Waals surface area contributed by atoms with Gasteiger partial charge < -0.3 is 15.2 Å². The third-order valence-corrected chi connectivity index (χ3v) is 2.68. The van der Waals surface area contributed by atoms with Gasteiger partial charge in [-0.25, -0.2) is 4.79 Å². The van der Waals surface area contributed by atoms with E-state index in [0.29, 0.717) is 6.42 Å². The quantitative estimate of drug-likeness (QED) is 0.719. The zero-order chi connectivity index (χ0) is 16.6. The summed E-state index contributed by atoms with van der Waals surface area (Å²) in [6, 6.07) is 6.12. The number of rotatable bonds is 8. The molecule has 1 aromatic carbocycles. The molecule has 0 aliphatic carbocycles. The lowest BCUT2D eigenvalue weighted by molar-refractivity contribution is -0.173. The molecule has 22 heavy (non-hydrogen) atoms. The van der Waals surface area contributed by atoms with E-state index in [-0.39, 0.29) is 31.0 Å².